The Morgan fingerprint density at radius 1 is 1.05 bits per heavy atom. The molecule has 0 saturated heterocycles. The molecule has 5 nitrogen and oxygen atoms in total. The third-order valence-corrected chi connectivity index (χ3v) is 3.21. The van der Waals surface area contributed by atoms with E-state index in [2.05, 4.69) is 15.6 Å². The van der Waals surface area contributed by atoms with Gasteiger partial charge in [0, 0.05) is 30.5 Å². The van der Waals surface area contributed by atoms with Crippen LogP contribution >= 0.6 is 11.6 Å². The Hall–Kier alpha value is -2.40. The van der Waals surface area contributed by atoms with Gasteiger partial charge in [0.2, 0.25) is 0 Å². The van der Waals surface area contributed by atoms with Crippen molar-refractivity contribution in [2.75, 3.05) is 6.54 Å². The summed E-state index contributed by atoms with van der Waals surface area (Å²) < 4.78 is 0. The molecule has 2 rings (SSSR count). The molecule has 0 bridgehead atoms. The first-order valence-electron chi connectivity index (χ1n) is 6.84. The summed E-state index contributed by atoms with van der Waals surface area (Å²) in [4.78, 5) is 27.2. The van der Waals surface area contributed by atoms with Crippen LogP contribution in [0.15, 0.2) is 48.8 Å². The number of hydrogen-bond acceptors (Lipinski definition) is 3. The predicted molar refractivity (Wildman–Crippen MR) is 84.2 cm³/mol. The van der Waals surface area contributed by atoms with Crippen LogP contribution in [0, 0.1) is 0 Å². The minimum absolute atomic E-state index is 0.272. The molecule has 1 aromatic carbocycles. The van der Waals surface area contributed by atoms with Gasteiger partial charge >= 0.3 is 11.8 Å². The van der Waals surface area contributed by atoms with E-state index in [0.29, 0.717) is 18.0 Å². The Balaban J connectivity index is 1.71. The summed E-state index contributed by atoms with van der Waals surface area (Å²) in [6.45, 7) is 0.647. The second kappa shape index (κ2) is 8.14. The molecule has 1 aromatic heterocycles. The van der Waals surface area contributed by atoms with Gasteiger partial charge in [-0.1, -0.05) is 29.8 Å². The number of carbonyl (C=O) groups excluding carboxylic acids is 2. The van der Waals surface area contributed by atoms with Gasteiger partial charge in [-0.05, 0) is 35.7 Å². The van der Waals surface area contributed by atoms with Gasteiger partial charge in [-0.15, -0.1) is 0 Å². The van der Waals surface area contributed by atoms with Crippen molar-refractivity contribution in [1.82, 2.24) is 15.6 Å². The zero-order valence-electron chi connectivity index (χ0n) is 11.9. The van der Waals surface area contributed by atoms with Crippen LogP contribution in [0.5, 0.6) is 0 Å². The standard InChI is InChI=1S/C16H16ClN3O2/c17-14-5-1-3-12(9-14)6-8-19-15(21)16(22)20-11-13-4-2-7-18-10-13/h1-5,7,9-10H,6,8,11H2,(H,19,21)(H,20,22). The lowest BCUT2D eigenvalue weighted by molar-refractivity contribution is -0.139. The molecule has 0 fully saturated rings. The smallest absolute Gasteiger partial charge is 0.309 e. The third kappa shape index (κ3) is 5.18. The molecule has 0 aliphatic heterocycles. The lowest BCUT2D eigenvalue weighted by atomic mass is 10.1. The summed E-state index contributed by atoms with van der Waals surface area (Å²) >= 11 is 5.88. The van der Waals surface area contributed by atoms with E-state index in [-0.39, 0.29) is 6.54 Å². The van der Waals surface area contributed by atoms with Crippen molar-refractivity contribution in [3.05, 3.63) is 64.9 Å². The van der Waals surface area contributed by atoms with E-state index in [1.54, 1.807) is 24.5 Å². The van der Waals surface area contributed by atoms with Crippen molar-refractivity contribution < 1.29 is 9.59 Å². The van der Waals surface area contributed by atoms with Gasteiger partial charge in [0.25, 0.3) is 0 Å². The highest BCUT2D eigenvalue weighted by atomic mass is 35.5. The molecular weight excluding hydrogens is 302 g/mol. The molecule has 0 aliphatic carbocycles. The van der Waals surface area contributed by atoms with Crippen molar-refractivity contribution in [2.24, 2.45) is 0 Å². The molecule has 2 amide bonds. The Morgan fingerprint density at radius 2 is 1.82 bits per heavy atom. The zero-order valence-corrected chi connectivity index (χ0v) is 12.6. The largest absolute Gasteiger partial charge is 0.348 e. The summed E-state index contributed by atoms with van der Waals surface area (Å²) in [5.74, 6) is -1.30. The first kappa shape index (κ1) is 16.0. The molecule has 0 unspecified atom stereocenters. The minimum Gasteiger partial charge on any atom is -0.348 e. The molecule has 6 heteroatoms. The van der Waals surface area contributed by atoms with Gasteiger partial charge in [0.1, 0.15) is 0 Å². The first-order chi connectivity index (χ1) is 10.6. The number of rotatable bonds is 5. The highest BCUT2D eigenvalue weighted by Gasteiger charge is 2.12. The lowest BCUT2D eigenvalue weighted by Gasteiger charge is -2.07. The Kier molecular flexibility index (Phi) is 5.91. The fraction of sp³-hybridized carbons (Fsp3) is 0.188. The number of carbonyl (C=O) groups is 2. The highest BCUT2D eigenvalue weighted by molar-refractivity contribution is 6.35. The van der Waals surface area contributed by atoms with Crippen LogP contribution in [-0.4, -0.2) is 23.3 Å². The molecule has 2 aromatic rings. The molecule has 0 atom stereocenters. The van der Waals surface area contributed by atoms with Crippen LogP contribution in [0.25, 0.3) is 0 Å². The Bertz CT molecular complexity index is 647. The topological polar surface area (TPSA) is 71.1 Å². The summed E-state index contributed by atoms with van der Waals surface area (Å²) in [6.07, 6.45) is 3.90. The molecule has 0 spiro atoms. The van der Waals surface area contributed by atoms with Crippen molar-refractivity contribution in [2.45, 2.75) is 13.0 Å². The molecule has 0 aliphatic rings. The summed E-state index contributed by atoms with van der Waals surface area (Å²) in [5.41, 5.74) is 1.84. The van der Waals surface area contributed by atoms with Gasteiger partial charge in [0.15, 0.2) is 0 Å². The summed E-state index contributed by atoms with van der Waals surface area (Å²) in [7, 11) is 0. The van der Waals surface area contributed by atoms with Crippen LogP contribution in [0.4, 0.5) is 0 Å². The second-order valence-electron chi connectivity index (χ2n) is 4.68. The average molecular weight is 318 g/mol. The maximum Gasteiger partial charge on any atom is 0.309 e. The average Bonchev–Trinajstić information content (AvgIpc) is 2.53. The Labute approximate surface area is 133 Å². The maximum absolute atomic E-state index is 11.7. The van der Waals surface area contributed by atoms with Crippen molar-refractivity contribution >= 4 is 23.4 Å². The van der Waals surface area contributed by atoms with Gasteiger partial charge in [0.05, 0.1) is 0 Å². The quantitative estimate of drug-likeness (QED) is 0.825. The Morgan fingerprint density at radius 3 is 2.55 bits per heavy atom. The fourth-order valence-electron chi connectivity index (χ4n) is 1.86. The third-order valence-electron chi connectivity index (χ3n) is 2.97. The van der Waals surface area contributed by atoms with Crippen molar-refractivity contribution in [1.29, 1.82) is 0 Å². The zero-order chi connectivity index (χ0) is 15.8. The van der Waals surface area contributed by atoms with Crippen LogP contribution < -0.4 is 10.6 Å². The van der Waals surface area contributed by atoms with Crippen LogP contribution in [-0.2, 0) is 22.6 Å². The number of aromatic nitrogens is 1. The monoisotopic (exact) mass is 317 g/mol. The van der Waals surface area contributed by atoms with Crippen molar-refractivity contribution in [3.8, 4) is 0 Å². The van der Waals surface area contributed by atoms with Gasteiger partial charge in [-0.25, -0.2) is 0 Å². The molecule has 0 radical (unpaired) electrons. The van der Waals surface area contributed by atoms with E-state index in [0.717, 1.165) is 11.1 Å². The molecule has 2 N–H and O–H groups in total. The molecular formula is C16H16ClN3O2. The maximum atomic E-state index is 11.7. The SMILES string of the molecule is O=C(NCCc1cccc(Cl)c1)C(=O)NCc1cccnc1. The number of pyridine rings is 1. The van der Waals surface area contributed by atoms with E-state index in [9.17, 15) is 9.59 Å². The van der Waals surface area contributed by atoms with E-state index < -0.39 is 11.8 Å². The highest BCUT2D eigenvalue weighted by Crippen LogP contribution is 2.10. The summed E-state index contributed by atoms with van der Waals surface area (Å²) in [6, 6.07) is 11.0. The second-order valence-corrected chi connectivity index (χ2v) is 5.12. The minimum atomic E-state index is -0.657. The summed E-state index contributed by atoms with van der Waals surface area (Å²) in [5, 5.41) is 5.77. The van der Waals surface area contributed by atoms with Crippen LogP contribution in [0.2, 0.25) is 5.02 Å². The van der Waals surface area contributed by atoms with E-state index in [4.69, 9.17) is 11.6 Å². The number of halogens is 1. The molecule has 1 heterocycles. The lowest BCUT2D eigenvalue weighted by Crippen LogP contribution is -2.40. The molecule has 22 heavy (non-hydrogen) atoms. The fourth-order valence-corrected chi connectivity index (χ4v) is 2.07. The van der Waals surface area contributed by atoms with E-state index in [1.807, 2.05) is 24.3 Å². The van der Waals surface area contributed by atoms with E-state index in [1.165, 1.54) is 0 Å². The number of nitrogens with one attached hydrogen (secondary N) is 2. The number of nitrogens with zero attached hydrogens (tertiary/aromatic N) is 1. The van der Waals surface area contributed by atoms with Gasteiger partial charge < -0.3 is 10.6 Å². The van der Waals surface area contributed by atoms with Gasteiger partial charge in [-0.2, -0.15) is 0 Å². The predicted octanol–water partition coefficient (Wildman–Crippen LogP) is 1.71. The first-order valence-corrected chi connectivity index (χ1v) is 7.22. The number of amides is 2. The normalized spacial score (nSPS) is 10.0. The number of hydrogen-bond donors (Lipinski definition) is 2. The van der Waals surface area contributed by atoms with Crippen molar-refractivity contribution in [3.63, 3.8) is 0 Å². The van der Waals surface area contributed by atoms with Crippen LogP contribution in [0.1, 0.15) is 11.1 Å². The van der Waals surface area contributed by atoms with Gasteiger partial charge in [-0.3, -0.25) is 14.6 Å². The molecule has 114 valence electrons. The van der Waals surface area contributed by atoms with E-state index >= 15 is 0 Å². The number of benzene rings is 1. The van der Waals surface area contributed by atoms with Crippen LogP contribution in [0.3, 0.4) is 0 Å². The molecule has 0 saturated carbocycles.